The van der Waals surface area contributed by atoms with Gasteiger partial charge in [-0.15, -0.1) is 0 Å². The molecule has 0 N–H and O–H groups in total. The lowest BCUT2D eigenvalue weighted by molar-refractivity contribution is -0.137. The molecule has 0 unspecified atom stereocenters. The molecule has 2 aromatic rings. The van der Waals surface area contributed by atoms with Crippen LogP contribution >= 0.6 is 23.4 Å². The number of methoxy groups -OCH3 is 1. The lowest BCUT2D eigenvalue weighted by atomic mass is 10.1. The number of ether oxygens (including phenoxy) is 1. The molecule has 1 aromatic carbocycles. The standard InChI is InChI=1S/C16H11ClF3NO2S/c1-23-12-4-2-10(3-5-12)14(22)6-7-24-15-13(17)8-11(9-21-15)16(18,19)20/h2-9H,1H3. The second-order valence-electron chi connectivity index (χ2n) is 4.52. The number of benzene rings is 1. The third kappa shape index (κ3) is 4.75. The van der Waals surface area contributed by atoms with Crippen molar-refractivity contribution in [2.24, 2.45) is 0 Å². The SMILES string of the molecule is COc1ccc(C(=O)C=CSc2ncc(C(F)(F)F)cc2Cl)cc1. The molecule has 0 aliphatic rings. The molecule has 3 nitrogen and oxygen atoms in total. The molecular weight excluding hydrogens is 363 g/mol. The van der Waals surface area contributed by atoms with Gasteiger partial charge in [-0.05, 0) is 41.8 Å². The van der Waals surface area contributed by atoms with Gasteiger partial charge in [0.2, 0.25) is 0 Å². The van der Waals surface area contributed by atoms with Gasteiger partial charge in [-0.1, -0.05) is 23.4 Å². The fraction of sp³-hybridized carbons (Fsp3) is 0.125. The smallest absolute Gasteiger partial charge is 0.417 e. The van der Waals surface area contributed by atoms with Crippen LogP contribution < -0.4 is 4.74 Å². The Morgan fingerprint density at radius 1 is 1.29 bits per heavy atom. The molecule has 126 valence electrons. The van der Waals surface area contributed by atoms with E-state index < -0.39 is 11.7 Å². The molecule has 24 heavy (non-hydrogen) atoms. The average molecular weight is 374 g/mol. The molecule has 0 aliphatic carbocycles. The monoisotopic (exact) mass is 373 g/mol. The Kier molecular flexibility index (Phi) is 5.90. The highest BCUT2D eigenvalue weighted by Crippen LogP contribution is 2.33. The molecule has 8 heteroatoms. The summed E-state index contributed by atoms with van der Waals surface area (Å²) in [6.45, 7) is 0. The van der Waals surface area contributed by atoms with Gasteiger partial charge < -0.3 is 4.74 Å². The number of hydrogen-bond donors (Lipinski definition) is 0. The fourth-order valence-electron chi connectivity index (χ4n) is 1.68. The van der Waals surface area contributed by atoms with Gasteiger partial charge in [0, 0.05) is 11.8 Å². The van der Waals surface area contributed by atoms with Gasteiger partial charge in [0.05, 0.1) is 17.7 Å². The van der Waals surface area contributed by atoms with Crippen molar-refractivity contribution >= 4 is 29.1 Å². The van der Waals surface area contributed by atoms with Crippen molar-refractivity contribution in [3.8, 4) is 5.75 Å². The number of nitrogens with zero attached hydrogens (tertiary/aromatic N) is 1. The summed E-state index contributed by atoms with van der Waals surface area (Å²) in [6.07, 6.45) is -2.50. The van der Waals surface area contributed by atoms with Gasteiger partial charge in [0.25, 0.3) is 0 Å². The molecule has 0 bridgehead atoms. The van der Waals surface area contributed by atoms with E-state index >= 15 is 0 Å². The van der Waals surface area contributed by atoms with Crippen LogP contribution in [0.1, 0.15) is 15.9 Å². The first-order chi connectivity index (χ1) is 11.3. The fourth-order valence-corrected chi connectivity index (χ4v) is 2.58. The third-order valence-electron chi connectivity index (χ3n) is 2.91. The first-order valence-electron chi connectivity index (χ1n) is 6.55. The number of thioether (sulfide) groups is 1. The number of rotatable bonds is 5. The Labute approximate surface area is 145 Å². The summed E-state index contributed by atoms with van der Waals surface area (Å²) in [5.41, 5.74) is -0.464. The lowest BCUT2D eigenvalue weighted by Gasteiger charge is -2.07. The first kappa shape index (κ1) is 18.4. The minimum absolute atomic E-state index is 0.128. The van der Waals surface area contributed by atoms with Crippen LogP contribution in [0.5, 0.6) is 5.75 Å². The van der Waals surface area contributed by atoms with E-state index in [4.69, 9.17) is 16.3 Å². The van der Waals surface area contributed by atoms with Crippen LogP contribution in [-0.4, -0.2) is 17.9 Å². The highest BCUT2D eigenvalue weighted by molar-refractivity contribution is 8.02. The number of ketones is 1. The molecular formula is C16H11ClF3NO2S. The molecule has 0 saturated carbocycles. The molecule has 0 saturated heterocycles. The second-order valence-corrected chi connectivity index (χ2v) is 5.82. The maximum atomic E-state index is 12.5. The number of carbonyl (C=O) groups is 1. The summed E-state index contributed by atoms with van der Waals surface area (Å²) < 4.78 is 42.6. The average Bonchev–Trinajstić information content (AvgIpc) is 2.55. The van der Waals surface area contributed by atoms with Crippen molar-refractivity contribution in [3.05, 3.63) is 64.2 Å². The van der Waals surface area contributed by atoms with Gasteiger partial charge in [-0.3, -0.25) is 4.79 Å². The van der Waals surface area contributed by atoms with Gasteiger partial charge in [0.15, 0.2) is 5.78 Å². The maximum Gasteiger partial charge on any atom is 0.417 e. The van der Waals surface area contributed by atoms with E-state index in [1.54, 1.807) is 24.3 Å². The van der Waals surface area contributed by atoms with Crippen molar-refractivity contribution in [3.63, 3.8) is 0 Å². The first-order valence-corrected chi connectivity index (χ1v) is 7.81. The van der Waals surface area contributed by atoms with Crippen LogP contribution in [0.15, 0.2) is 53.0 Å². The van der Waals surface area contributed by atoms with E-state index in [1.807, 2.05) is 0 Å². The zero-order chi connectivity index (χ0) is 17.7. The number of hydrogen-bond acceptors (Lipinski definition) is 4. The molecule has 0 aliphatic heterocycles. The summed E-state index contributed by atoms with van der Waals surface area (Å²) in [7, 11) is 1.52. The van der Waals surface area contributed by atoms with Crippen LogP contribution in [-0.2, 0) is 6.18 Å². The van der Waals surface area contributed by atoms with Crippen LogP contribution in [0.4, 0.5) is 13.2 Å². The Balaban J connectivity index is 2.04. The van der Waals surface area contributed by atoms with Crippen molar-refractivity contribution < 1.29 is 22.7 Å². The van der Waals surface area contributed by atoms with Crippen LogP contribution in [0.2, 0.25) is 5.02 Å². The Morgan fingerprint density at radius 2 is 1.96 bits per heavy atom. The Hall–Kier alpha value is -1.99. The zero-order valence-electron chi connectivity index (χ0n) is 12.3. The summed E-state index contributed by atoms with van der Waals surface area (Å²) in [4.78, 5) is 15.6. The van der Waals surface area contributed by atoms with Crippen LogP contribution in [0, 0.1) is 0 Å². The predicted molar refractivity (Wildman–Crippen MR) is 86.6 cm³/mol. The normalized spacial score (nSPS) is 11.7. The van der Waals surface area contributed by atoms with E-state index in [1.165, 1.54) is 18.6 Å². The Bertz CT molecular complexity index is 761. The number of pyridine rings is 1. The predicted octanol–water partition coefficient (Wildman–Crippen LogP) is 5.25. The quantitative estimate of drug-likeness (QED) is 0.407. The largest absolute Gasteiger partial charge is 0.497 e. The highest BCUT2D eigenvalue weighted by atomic mass is 35.5. The van der Waals surface area contributed by atoms with Crippen molar-refractivity contribution in [2.75, 3.05) is 7.11 Å². The van der Waals surface area contributed by atoms with Crippen molar-refractivity contribution in [1.29, 1.82) is 0 Å². The zero-order valence-corrected chi connectivity index (χ0v) is 13.9. The minimum atomic E-state index is -4.50. The minimum Gasteiger partial charge on any atom is -0.497 e. The molecule has 0 radical (unpaired) electrons. The van der Waals surface area contributed by atoms with E-state index in [-0.39, 0.29) is 15.8 Å². The molecule has 0 fully saturated rings. The van der Waals surface area contributed by atoms with E-state index in [2.05, 4.69) is 4.98 Å². The third-order valence-corrected chi connectivity index (χ3v) is 4.13. The molecule has 0 atom stereocenters. The highest BCUT2D eigenvalue weighted by Gasteiger charge is 2.31. The number of alkyl halides is 3. The van der Waals surface area contributed by atoms with E-state index in [0.29, 0.717) is 17.5 Å². The van der Waals surface area contributed by atoms with Crippen LogP contribution in [0.3, 0.4) is 0 Å². The number of aromatic nitrogens is 1. The molecule has 2 rings (SSSR count). The lowest BCUT2D eigenvalue weighted by Crippen LogP contribution is -2.05. The van der Waals surface area contributed by atoms with Gasteiger partial charge >= 0.3 is 6.18 Å². The van der Waals surface area contributed by atoms with E-state index in [0.717, 1.165) is 17.8 Å². The summed E-state index contributed by atoms with van der Waals surface area (Å²) >= 11 is 6.75. The summed E-state index contributed by atoms with van der Waals surface area (Å²) in [6, 6.07) is 7.33. The van der Waals surface area contributed by atoms with E-state index in [9.17, 15) is 18.0 Å². The topological polar surface area (TPSA) is 39.2 Å². The van der Waals surface area contributed by atoms with Crippen molar-refractivity contribution in [1.82, 2.24) is 4.98 Å². The number of halogens is 4. The van der Waals surface area contributed by atoms with Gasteiger partial charge in [-0.25, -0.2) is 4.98 Å². The molecule has 0 spiro atoms. The molecule has 1 heterocycles. The Morgan fingerprint density at radius 3 is 2.50 bits per heavy atom. The molecule has 1 aromatic heterocycles. The second kappa shape index (κ2) is 7.72. The van der Waals surface area contributed by atoms with Crippen LogP contribution in [0.25, 0.3) is 0 Å². The summed E-state index contributed by atoms with van der Waals surface area (Å²) in [5, 5.41) is 1.48. The number of allylic oxidation sites excluding steroid dienone is 1. The summed E-state index contributed by atoms with van der Waals surface area (Å²) in [5.74, 6) is 0.374. The van der Waals surface area contributed by atoms with Gasteiger partial charge in [0.1, 0.15) is 10.8 Å². The van der Waals surface area contributed by atoms with Crippen molar-refractivity contribution in [2.45, 2.75) is 11.2 Å². The molecule has 0 amide bonds. The van der Waals surface area contributed by atoms with Gasteiger partial charge in [-0.2, -0.15) is 13.2 Å². The maximum absolute atomic E-state index is 12.5. The number of carbonyl (C=O) groups excluding carboxylic acids is 1.